The lowest BCUT2D eigenvalue weighted by atomic mass is 10.1. The molecule has 0 unspecified atom stereocenters. The van der Waals surface area contributed by atoms with Crippen molar-refractivity contribution in [1.29, 1.82) is 0 Å². The second-order valence-electron chi connectivity index (χ2n) is 4.80. The molecule has 0 atom stereocenters. The number of hydrogen-bond donors (Lipinski definition) is 1. The van der Waals surface area contributed by atoms with Gasteiger partial charge in [0.2, 0.25) is 0 Å². The summed E-state index contributed by atoms with van der Waals surface area (Å²) in [6.45, 7) is 3.77. The van der Waals surface area contributed by atoms with Gasteiger partial charge in [-0.1, -0.05) is 46.1 Å². The van der Waals surface area contributed by atoms with E-state index in [2.05, 4.69) is 5.16 Å². The SMILES string of the molecule is Cc1ccc(C(=O)O/N=C(\N)c2ccc(Cl)cc2Cl)c(C)c1. The number of carbonyl (C=O) groups is 1. The topological polar surface area (TPSA) is 64.7 Å². The third kappa shape index (κ3) is 3.78. The number of amidine groups is 1. The number of carbonyl (C=O) groups excluding carboxylic acids is 1. The molecule has 0 amide bonds. The van der Waals surface area contributed by atoms with Crippen LogP contribution in [0.1, 0.15) is 27.0 Å². The number of oxime groups is 1. The number of nitrogens with zero attached hydrogens (tertiary/aromatic N) is 1. The number of rotatable bonds is 3. The van der Waals surface area contributed by atoms with Gasteiger partial charge in [-0.2, -0.15) is 0 Å². The van der Waals surface area contributed by atoms with E-state index in [4.69, 9.17) is 33.8 Å². The highest BCUT2D eigenvalue weighted by molar-refractivity contribution is 6.36. The van der Waals surface area contributed by atoms with Crippen molar-refractivity contribution in [2.45, 2.75) is 13.8 Å². The molecule has 2 aromatic carbocycles. The van der Waals surface area contributed by atoms with Crippen molar-refractivity contribution in [3.63, 3.8) is 0 Å². The Bertz CT molecular complexity index is 758. The predicted octanol–water partition coefficient (Wildman–Crippen LogP) is 4.09. The molecule has 2 rings (SSSR count). The minimum absolute atomic E-state index is 0.000202. The molecule has 0 aliphatic heterocycles. The van der Waals surface area contributed by atoms with Gasteiger partial charge in [-0.05, 0) is 43.7 Å². The summed E-state index contributed by atoms with van der Waals surface area (Å²) < 4.78 is 0. The fourth-order valence-electron chi connectivity index (χ4n) is 1.93. The smallest absolute Gasteiger partial charge is 0.366 e. The molecule has 2 aromatic rings. The molecule has 0 heterocycles. The summed E-state index contributed by atoms with van der Waals surface area (Å²) in [5, 5.41) is 4.45. The first kappa shape index (κ1) is 16.3. The zero-order chi connectivity index (χ0) is 16.3. The zero-order valence-electron chi connectivity index (χ0n) is 12.1. The molecule has 4 nitrogen and oxygen atoms in total. The van der Waals surface area contributed by atoms with E-state index in [0.717, 1.165) is 11.1 Å². The van der Waals surface area contributed by atoms with Crippen LogP contribution in [0.25, 0.3) is 0 Å². The average Bonchev–Trinajstić information content (AvgIpc) is 2.44. The largest absolute Gasteiger partial charge is 0.380 e. The normalized spacial score (nSPS) is 11.4. The Morgan fingerprint density at radius 3 is 2.41 bits per heavy atom. The zero-order valence-corrected chi connectivity index (χ0v) is 13.6. The number of halogens is 2. The molecule has 0 fully saturated rings. The Morgan fingerprint density at radius 2 is 1.77 bits per heavy atom. The highest BCUT2D eigenvalue weighted by Crippen LogP contribution is 2.21. The molecule has 0 spiro atoms. The van der Waals surface area contributed by atoms with Crippen LogP contribution >= 0.6 is 23.2 Å². The van der Waals surface area contributed by atoms with E-state index in [1.807, 2.05) is 26.0 Å². The second-order valence-corrected chi connectivity index (χ2v) is 5.64. The third-order valence-corrected chi connectivity index (χ3v) is 3.58. The minimum atomic E-state index is -0.578. The highest BCUT2D eigenvalue weighted by Gasteiger charge is 2.12. The molecule has 6 heteroatoms. The van der Waals surface area contributed by atoms with E-state index < -0.39 is 5.97 Å². The second kappa shape index (κ2) is 6.81. The maximum atomic E-state index is 12.0. The molecule has 0 saturated heterocycles. The van der Waals surface area contributed by atoms with Crippen LogP contribution < -0.4 is 5.73 Å². The highest BCUT2D eigenvalue weighted by atomic mass is 35.5. The van der Waals surface area contributed by atoms with Crippen molar-refractivity contribution in [2.24, 2.45) is 10.9 Å². The molecule has 0 bridgehead atoms. The van der Waals surface area contributed by atoms with Crippen LogP contribution in [0.2, 0.25) is 10.0 Å². The van der Waals surface area contributed by atoms with Crippen molar-refractivity contribution in [3.8, 4) is 0 Å². The summed E-state index contributed by atoms with van der Waals surface area (Å²) in [6.07, 6.45) is 0. The van der Waals surface area contributed by atoms with Crippen LogP contribution in [0, 0.1) is 13.8 Å². The lowest BCUT2D eigenvalue weighted by Crippen LogP contribution is -2.16. The number of aryl methyl sites for hydroxylation is 2. The monoisotopic (exact) mass is 336 g/mol. The van der Waals surface area contributed by atoms with Crippen LogP contribution in [-0.4, -0.2) is 11.8 Å². The van der Waals surface area contributed by atoms with E-state index in [1.54, 1.807) is 18.2 Å². The minimum Gasteiger partial charge on any atom is -0.380 e. The van der Waals surface area contributed by atoms with E-state index in [1.165, 1.54) is 6.07 Å². The number of benzene rings is 2. The Morgan fingerprint density at radius 1 is 1.09 bits per heavy atom. The van der Waals surface area contributed by atoms with Crippen LogP contribution in [-0.2, 0) is 4.84 Å². The van der Waals surface area contributed by atoms with Gasteiger partial charge in [-0.3, -0.25) is 0 Å². The van der Waals surface area contributed by atoms with Gasteiger partial charge in [-0.15, -0.1) is 0 Å². The first-order chi connectivity index (χ1) is 10.4. The summed E-state index contributed by atoms with van der Waals surface area (Å²) in [7, 11) is 0. The first-order valence-electron chi connectivity index (χ1n) is 6.46. The maximum Gasteiger partial charge on any atom is 0.366 e. The molecule has 22 heavy (non-hydrogen) atoms. The third-order valence-electron chi connectivity index (χ3n) is 3.04. The van der Waals surface area contributed by atoms with Gasteiger partial charge in [0.1, 0.15) is 0 Å². The number of hydrogen-bond acceptors (Lipinski definition) is 3. The van der Waals surface area contributed by atoms with Crippen LogP contribution in [0.5, 0.6) is 0 Å². The van der Waals surface area contributed by atoms with E-state index in [-0.39, 0.29) is 5.84 Å². The fourth-order valence-corrected chi connectivity index (χ4v) is 2.43. The predicted molar refractivity (Wildman–Crippen MR) is 88.5 cm³/mol. The Hall–Kier alpha value is -2.04. The summed E-state index contributed by atoms with van der Waals surface area (Å²) in [5.74, 6) is -0.578. The molecular formula is C16H14Cl2N2O2. The van der Waals surface area contributed by atoms with Gasteiger partial charge in [0.15, 0.2) is 5.84 Å². The standard InChI is InChI=1S/C16H14Cl2N2O2/c1-9-3-5-12(10(2)7-9)16(21)22-20-15(19)13-6-4-11(17)8-14(13)18/h3-8H,1-2H3,(H2,19,20). The quantitative estimate of drug-likeness (QED) is 0.397. The molecule has 114 valence electrons. The molecule has 0 aliphatic carbocycles. The average molecular weight is 337 g/mol. The lowest BCUT2D eigenvalue weighted by Gasteiger charge is -2.06. The van der Waals surface area contributed by atoms with E-state index in [9.17, 15) is 4.79 Å². The maximum absolute atomic E-state index is 12.0. The van der Waals surface area contributed by atoms with Crippen LogP contribution in [0.3, 0.4) is 0 Å². The van der Waals surface area contributed by atoms with Crippen LogP contribution in [0.4, 0.5) is 0 Å². The van der Waals surface area contributed by atoms with Crippen molar-refractivity contribution in [2.75, 3.05) is 0 Å². The van der Waals surface area contributed by atoms with Crippen LogP contribution in [0.15, 0.2) is 41.6 Å². The van der Waals surface area contributed by atoms with Gasteiger partial charge >= 0.3 is 5.97 Å². The van der Waals surface area contributed by atoms with E-state index in [0.29, 0.717) is 21.2 Å². The fraction of sp³-hybridized carbons (Fsp3) is 0.125. The summed E-state index contributed by atoms with van der Waals surface area (Å²) in [4.78, 5) is 16.9. The Balaban J connectivity index is 2.18. The molecule has 0 saturated carbocycles. The Labute approximate surface area is 138 Å². The van der Waals surface area contributed by atoms with Gasteiger partial charge in [0.05, 0.1) is 10.6 Å². The molecule has 0 aromatic heterocycles. The van der Waals surface area contributed by atoms with Gasteiger partial charge in [0, 0.05) is 10.6 Å². The first-order valence-corrected chi connectivity index (χ1v) is 7.21. The van der Waals surface area contributed by atoms with Crippen molar-refractivity contribution in [3.05, 3.63) is 68.7 Å². The summed E-state index contributed by atoms with van der Waals surface area (Å²) >= 11 is 11.8. The van der Waals surface area contributed by atoms with Crippen molar-refractivity contribution >= 4 is 35.0 Å². The van der Waals surface area contributed by atoms with E-state index >= 15 is 0 Å². The van der Waals surface area contributed by atoms with Gasteiger partial charge in [-0.25, -0.2) is 4.79 Å². The van der Waals surface area contributed by atoms with Crippen molar-refractivity contribution < 1.29 is 9.63 Å². The summed E-state index contributed by atoms with van der Waals surface area (Å²) in [5.41, 5.74) is 8.53. The van der Waals surface area contributed by atoms with Crippen molar-refractivity contribution in [1.82, 2.24) is 0 Å². The number of nitrogens with two attached hydrogens (primary N) is 1. The summed E-state index contributed by atoms with van der Waals surface area (Å²) in [6, 6.07) is 10.2. The van der Waals surface area contributed by atoms with Gasteiger partial charge in [0.25, 0.3) is 0 Å². The molecule has 0 aliphatic rings. The molecule has 0 radical (unpaired) electrons. The Kier molecular flexibility index (Phi) is 5.06. The molecular weight excluding hydrogens is 323 g/mol. The lowest BCUT2D eigenvalue weighted by molar-refractivity contribution is 0.0515. The van der Waals surface area contributed by atoms with Gasteiger partial charge < -0.3 is 10.6 Å². The molecule has 2 N–H and O–H groups in total.